The molecule has 0 aliphatic rings. The fraction of sp³-hybridized carbons (Fsp3) is 0.364. The lowest BCUT2D eigenvalue weighted by Gasteiger charge is -2.33. The molecule has 0 unspecified atom stereocenters. The molecule has 0 bridgehead atoms. The Balaban J connectivity index is 2.44. The first-order chi connectivity index (χ1) is 14.7. The third kappa shape index (κ3) is 6.05. The Hall–Kier alpha value is -2.91. The van der Waals surface area contributed by atoms with Crippen LogP contribution in [0.5, 0.6) is 0 Å². The van der Waals surface area contributed by atoms with Crippen molar-refractivity contribution in [2.24, 2.45) is 0 Å². The van der Waals surface area contributed by atoms with Gasteiger partial charge in [-0.25, -0.2) is 4.31 Å². The quantitative estimate of drug-likeness (QED) is 0.603. The molecule has 0 saturated carbocycles. The van der Waals surface area contributed by atoms with Gasteiger partial charge in [-0.15, -0.1) is 0 Å². The van der Waals surface area contributed by atoms with E-state index in [2.05, 4.69) is 5.32 Å². The van der Waals surface area contributed by atoms with Crippen molar-refractivity contribution in [3.63, 3.8) is 0 Å². The highest BCUT2D eigenvalue weighted by atomic mass is 32.2. The zero-order chi connectivity index (χ0) is 23.0. The molecule has 0 radical (unpaired) electrons. The molecule has 0 aromatic heterocycles. The molecule has 168 valence electrons. The number of carbonyl (C=O) groups excluding carboxylic acids is 2. The minimum Gasteiger partial charge on any atom is -0.357 e. The lowest BCUT2D eigenvalue weighted by Crippen LogP contribution is -2.52. The summed E-state index contributed by atoms with van der Waals surface area (Å²) in [5.74, 6) is -0.762. The highest BCUT2D eigenvalue weighted by Gasteiger charge is 2.33. The highest BCUT2D eigenvalue weighted by Crippen LogP contribution is 2.20. The number of nitrogens with zero attached hydrogens (tertiary/aromatic N) is 3. The number of hydrogen-bond donors (Lipinski definition) is 1. The molecular formula is C22H30N4O4S. The number of nitrogens with one attached hydrogen (secondary N) is 1. The summed E-state index contributed by atoms with van der Waals surface area (Å²) in [6, 6.07) is 17.0. The molecule has 0 spiro atoms. The van der Waals surface area contributed by atoms with E-state index in [1.807, 2.05) is 37.3 Å². The van der Waals surface area contributed by atoms with E-state index in [9.17, 15) is 18.0 Å². The largest absolute Gasteiger partial charge is 0.357 e. The van der Waals surface area contributed by atoms with Crippen LogP contribution in [0.1, 0.15) is 18.9 Å². The van der Waals surface area contributed by atoms with E-state index in [-0.39, 0.29) is 12.5 Å². The molecule has 1 N–H and O–H groups in total. The van der Waals surface area contributed by atoms with Gasteiger partial charge in [0.15, 0.2) is 0 Å². The van der Waals surface area contributed by atoms with Gasteiger partial charge in [0.25, 0.3) is 0 Å². The molecule has 0 saturated heterocycles. The lowest BCUT2D eigenvalue weighted by molar-refractivity contribution is -0.140. The predicted molar refractivity (Wildman–Crippen MR) is 122 cm³/mol. The third-order valence-electron chi connectivity index (χ3n) is 4.89. The molecule has 2 aromatic rings. The second-order valence-electron chi connectivity index (χ2n) is 7.18. The van der Waals surface area contributed by atoms with Crippen LogP contribution in [0.15, 0.2) is 60.7 Å². The second-order valence-corrected chi connectivity index (χ2v) is 9.24. The molecule has 2 aromatic carbocycles. The Kier molecular flexibility index (Phi) is 8.58. The van der Waals surface area contributed by atoms with Gasteiger partial charge < -0.3 is 10.2 Å². The molecule has 0 aliphatic heterocycles. The number of likely N-dealkylation sites (N-methyl/N-ethyl adjacent to an activating group) is 1. The number of carbonyl (C=O) groups is 2. The van der Waals surface area contributed by atoms with Crippen molar-refractivity contribution in [2.75, 3.05) is 32.0 Å². The van der Waals surface area contributed by atoms with E-state index in [1.54, 1.807) is 30.3 Å². The first kappa shape index (κ1) is 24.4. The smallest absolute Gasteiger partial charge is 0.304 e. The average molecular weight is 447 g/mol. The SMILES string of the molecule is CC[C@H](C(=O)NC)N(Cc1ccccc1)C(=O)CN(c1ccccc1)S(=O)(=O)N(C)C. The van der Waals surface area contributed by atoms with E-state index in [4.69, 9.17) is 0 Å². The Bertz CT molecular complexity index is 966. The predicted octanol–water partition coefficient (Wildman–Crippen LogP) is 1.85. The van der Waals surface area contributed by atoms with Crippen LogP contribution in [0.25, 0.3) is 0 Å². The molecule has 2 amide bonds. The Morgan fingerprint density at radius 1 is 0.968 bits per heavy atom. The van der Waals surface area contributed by atoms with Crippen molar-refractivity contribution in [3.05, 3.63) is 66.2 Å². The molecule has 2 rings (SSSR count). The maximum atomic E-state index is 13.4. The molecule has 9 heteroatoms. The zero-order valence-electron chi connectivity index (χ0n) is 18.4. The first-order valence-electron chi connectivity index (χ1n) is 10.0. The highest BCUT2D eigenvalue weighted by molar-refractivity contribution is 7.90. The number of hydrogen-bond acceptors (Lipinski definition) is 4. The third-order valence-corrected chi connectivity index (χ3v) is 6.71. The van der Waals surface area contributed by atoms with E-state index in [1.165, 1.54) is 26.0 Å². The molecule has 1 atom stereocenters. The summed E-state index contributed by atoms with van der Waals surface area (Å²) in [5, 5.41) is 2.60. The summed E-state index contributed by atoms with van der Waals surface area (Å²) < 4.78 is 28.1. The van der Waals surface area contributed by atoms with E-state index >= 15 is 0 Å². The van der Waals surface area contributed by atoms with Gasteiger partial charge in [0.2, 0.25) is 11.8 Å². The minimum atomic E-state index is -3.93. The van der Waals surface area contributed by atoms with Crippen LogP contribution in [0.4, 0.5) is 5.69 Å². The average Bonchev–Trinajstić information content (AvgIpc) is 2.77. The first-order valence-corrected chi connectivity index (χ1v) is 11.4. The van der Waals surface area contributed by atoms with Crippen LogP contribution in [0, 0.1) is 0 Å². The summed E-state index contributed by atoms with van der Waals surface area (Å²) >= 11 is 0. The Morgan fingerprint density at radius 2 is 1.52 bits per heavy atom. The number of amides is 2. The maximum Gasteiger partial charge on any atom is 0.304 e. The summed E-state index contributed by atoms with van der Waals surface area (Å²) in [7, 11) is 0.411. The molecule has 0 fully saturated rings. The van der Waals surface area contributed by atoms with Crippen LogP contribution in [-0.2, 0) is 26.3 Å². The number of para-hydroxylation sites is 1. The number of rotatable bonds is 10. The van der Waals surface area contributed by atoms with Crippen LogP contribution in [0.2, 0.25) is 0 Å². The Morgan fingerprint density at radius 3 is 2.00 bits per heavy atom. The van der Waals surface area contributed by atoms with Gasteiger partial charge in [-0.05, 0) is 24.1 Å². The zero-order valence-corrected chi connectivity index (χ0v) is 19.2. The van der Waals surface area contributed by atoms with Gasteiger partial charge in [-0.1, -0.05) is 55.5 Å². The van der Waals surface area contributed by atoms with Gasteiger partial charge in [-0.2, -0.15) is 12.7 Å². The monoisotopic (exact) mass is 446 g/mol. The van der Waals surface area contributed by atoms with E-state index in [0.29, 0.717) is 12.1 Å². The van der Waals surface area contributed by atoms with Gasteiger partial charge in [-0.3, -0.25) is 9.59 Å². The van der Waals surface area contributed by atoms with Crippen LogP contribution < -0.4 is 9.62 Å². The number of anilines is 1. The molecule has 31 heavy (non-hydrogen) atoms. The minimum absolute atomic E-state index is 0.191. The van der Waals surface area contributed by atoms with Gasteiger partial charge in [0.1, 0.15) is 12.6 Å². The number of benzene rings is 2. The standard InChI is InChI=1S/C22H30N4O4S/c1-5-20(22(28)23-2)25(16-18-12-8-6-9-13-18)21(27)17-26(31(29,30)24(3)4)19-14-10-7-11-15-19/h6-15,20H,5,16-17H2,1-4H3,(H,23,28)/t20-/m1/s1. The van der Waals surface area contributed by atoms with Crippen molar-refractivity contribution in [1.29, 1.82) is 0 Å². The van der Waals surface area contributed by atoms with E-state index in [0.717, 1.165) is 14.2 Å². The topological polar surface area (TPSA) is 90.0 Å². The van der Waals surface area contributed by atoms with Crippen molar-refractivity contribution >= 4 is 27.7 Å². The Labute approximate surface area is 184 Å². The lowest BCUT2D eigenvalue weighted by atomic mass is 10.1. The van der Waals surface area contributed by atoms with Gasteiger partial charge in [0, 0.05) is 27.7 Å². The van der Waals surface area contributed by atoms with Gasteiger partial charge in [0.05, 0.1) is 5.69 Å². The van der Waals surface area contributed by atoms with E-state index < -0.39 is 28.7 Å². The summed E-state index contributed by atoms with van der Waals surface area (Å²) in [6.45, 7) is 1.58. The van der Waals surface area contributed by atoms with Crippen molar-refractivity contribution < 1.29 is 18.0 Å². The fourth-order valence-corrected chi connectivity index (χ4v) is 4.23. The summed E-state index contributed by atoms with van der Waals surface area (Å²) in [6.07, 6.45) is 0.393. The molecular weight excluding hydrogens is 416 g/mol. The van der Waals surface area contributed by atoms with Crippen molar-refractivity contribution in [1.82, 2.24) is 14.5 Å². The fourth-order valence-electron chi connectivity index (χ4n) is 3.18. The second kappa shape index (κ2) is 10.9. The van der Waals surface area contributed by atoms with Gasteiger partial charge >= 0.3 is 10.2 Å². The molecule has 0 heterocycles. The normalized spacial score (nSPS) is 12.3. The van der Waals surface area contributed by atoms with Crippen molar-refractivity contribution in [2.45, 2.75) is 25.9 Å². The van der Waals surface area contributed by atoms with Crippen molar-refractivity contribution in [3.8, 4) is 0 Å². The summed E-state index contributed by atoms with van der Waals surface area (Å²) in [4.78, 5) is 27.4. The molecule has 8 nitrogen and oxygen atoms in total. The molecule has 0 aliphatic carbocycles. The maximum absolute atomic E-state index is 13.4. The van der Waals surface area contributed by atoms with Crippen LogP contribution in [0.3, 0.4) is 0 Å². The van der Waals surface area contributed by atoms with Crippen LogP contribution in [-0.4, -0.2) is 63.2 Å². The summed E-state index contributed by atoms with van der Waals surface area (Å²) in [5.41, 5.74) is 1.22. The van der Waals surface area contributed by atoms with Crippen LogP contribution >= 0.6 is 0 Å².